The van der Waals surface area contributed by atoms with Crippen LogP contribution in [0.25, 0.3) is 10.1 Å². The molecule has 2 aliphatic rings. The first-order valence-corrected chi connectivity index (χ1v) is 11.8. The minimum atomic E-state index is -0.132. The van der Waals surface area contributed by atoms with Crippen molar-refractivity contribution in [1.82, 2.24) is 4.90 Å². The zero-order valence-corrected chi connectivity index (χ0v) is 18.8. The Morgan fingerprint density at radius 2 is 1.84 bits per heavy atom. The number of thiophene rings is 1. The van der Waals surface area contributed by atoms with Gasteiger partial charge in [-0.05, 0) is 54.1 Å². The van der Waals surface area contributed by atoms with E-state index in [4.69, 9.17) is 0 Å². The fraction of sp³-hybridized carbons (Fsp3) is 0.320. The van der Waals surface area contributed by atoms with Gasteiger partial charge < -0.3 is 15.1 Å². The Morgan fingerprint density at radius 1 is 1.06 bits per heavy atom. The molecule has 7 heteroatoms. The fourth-order valence-electron chi connectivity index (χ4n) is 4.75. The lowest BCUT2D eigenvalue weighted by atomic mass is 9.95. The maximum Gasteiger partial charge on any atom is 0.266 e. The van der Waals surface area contributed by atoms with Gasteiger partial charge in [-0.25, -0.2) is 0 Å². The van der Waals surface area contributed by atoms with Gasteiger partial charge in [-0.2, -0.15) is 0 Å². The van der Waals surface area contributed by atoms with Gasteiger partial charge in [0.2, 0.25) is 11.8 Å². The molecule has 2 aliphatic heterocycles. The number of hydrogen-bond acceptors (Lipinski definition) is 4. The second-order valence-corrected chi connectivity index (χ2v) is 9.49. The molecule has 3 aromatic rings. The Bertz CT molecular complexity index is 1200. The van der Waals surface area contributed by atoms with Crippen LogP contribution >= 0.6 is 11.3 Å². The number of nitrogens with zero attached hydrogens (tertiary/aromatic N) is 2. The number of rotatable bonds is 4. The summed E-state index contributed by atoms with van der Waals surface area (Å²) in [6.07, 6.45) is 2.34. The zero-order chi connectivity index (χ0) is 22.2. The first-order chi connectivity index (χ1) is 15.5. The Labute approximate surface area is 190 Å². The van der Waals surface area contributed by atoms with Crippen molar-refractivity contribution in [1.29, 1.82) is 0 Å². The molecule has 0 spiro atoms. The highest BCUT2D eigenvalue weighted by Gasteiger charge is 2.31. The second kappa shape index (κ2) is 8.39. The summed E-state index contributed by atoms with van der Waals surface area (Å²) in [5.74, 6) is 0.245. The molecule has 2 aromatic carbocycles. The number of benzene rings is 2. The molecule has 1 unspecified atom stereocenters. The molecule has 164 valence electrons. The van der Waals surface area contributed by atoms with Crippen molar-refractivity contribution in [3.63, 3.8) is 0 Å². The Morgan fingerprint density at radius 3 is 2.53 bits per heavy atom. The normalized spacial score (nSPS) is 18.5. The fourth-order valence-corrected chi connectivity index (χ4v) is 5.94. The predicted molar refractivity (Wildman–Crippen MR) is 127 cm³/mol. The maximum atomic E-state index is 13.3. The van der Waals surface area contributed by atoms with Crippen LogP contribution in [0.3, 0.4) is 0 Å². The van der Waals surface area contributed by atoms with Gasteiger partial charge in [0, 0.05) is 55.0 Å². The predicted octanol–water partition coefficient (Wildman–Crippen LogP) is 4.62. The number of carbonyl (C=O) groups is 3. The van der Waals surface area contributed by atoms with Crippen molar-refractivity contribution in [3.05, 3.63) is 59.0 Å². The third-order valence-electron chi connectivity index (χ3n) is 6.39. The van der Waals surface area contributed by atoms with Gasteiger partial charge in [0.15, 0.2) is 0 Å². The van der Waals surface area contributed by atoms with Gasteiger partial charge in [0.05, 0.1) is 4.88 Å². The van der Waals surface area contributed by atoms with E-state index in [1.165, 1.54) is 11.3 Å². The second-order valence-electron chi connectivity index (χ2n) is 8.44. The zero-order valence-electron chi connectivity index (χ0n) is 18.0. The molecule has 3 amide bonds. The van der Waals surface area contributed by atoms with Gasteiger partial charge in [-0.3, -0.25) is 14.4 Å². The number of likely N-dealkylation sites (tertiary alicyclic amines) is 1. The molecule has 3 heterocycles. The number of anilines is 2. The minimum Gasteiger partial charge on any atom is -0.342 e. The molecule has 5 rings (SSSR count). The van der Waals surface area contributed by atoms with Gasteiger partial charge in [-0.15, -0.1) is 11.3 Å². The molecule has 0 bridgehead atoms. The van der Waals surface area contributed by atoms with Crippen molar-refractivity contribution in [2.75, 3.05) is 29.9 Å². The quantitative estimate of drug-likeness (QED) is 0.635. The van der Waals surface area contributed by atoms with Crippen molar-refractivity contribution in [2.24, 2.45) is 0 Å². The molecule has 1 aromatic heterocycles. The van der Waals surface area contributed by atoms with Gasteiger partial charge in [0.1, 0.15) is 0 Å². The van der Waals surface area contributed by atoms with Crippen molar-refractivity contribution < 1.29 is 14.4 Å². The molecule has 0 saturated carbocycles. The average Bonchev–Trinajstić information content (AvgIpc) is 3.52. The van der Waals surface area contributed by atoms with Crippen molar-refractivity contribution in [3.8, 4) is 0 Å². The highest BCUT2D eigenvalue weighted by Crippen LogP contribution is 2.40. The van der Waals surface area contributed by atoms with E-state index in [0.29, 0.717) is 23.5 Å². The maximum absolute atomic E-state index is 13.3. The molecule has 6 nitrogen and oxygen atoms in total. The highest BCUT2D eigenvalue weighted by molar-refractivity contribution is 7.21. The molecule has 2 fully saturated rings. The lowest BCUT2D eigenvalue weighted by Crippen LogP contribution is -2.25. The molecule has 0 radical (unpaired) electrons. The van der Waals surface area contributed by atoms with Crippen LogP contribution in [0, 0.1) is 0 Å². The molecule has 2 saturated heterocycles. The third kappa shape index (κ3) is 3.77. The summed E-state index contributed by atoms with van der Waals surface area (Å²) in [5.41, 5.74) is 2.61. The molecule has 1 atom stereocenters. The summed E-state index contributed by atoms with van der Waals surface area (Å²) in [5, 5.41) is 4.13. The third-order valence-corrected chi connectivity index (χ3v) is 7.58. The summed E-state index contributed by atoms with van der Waals surface area (Å²) < 4.78 is 1.08. The van der Waals surface area contributed by atoms with Crippen molar-refractivity contribution in [2.45, 2.75) is 32.1 Å². The summed E-state index contributed by atoms with van der Waals surface area (Å²) in [4.78, 5) is 41.5. The lowest BCUT2D eigenvalue weighted by molar-refractivity contribution is -0.127. The molecule has 1 N–H and O–H groups in total. The Hall–Kier alpha value is -3.19. The van der Waals surface area contributed by atoms with Crippen molar-refractivity contribution >= 4 is 50.5 Å². The van der Waals surface area contributed by atoms with E-state index in [-0.39, 0.29) is 23.6 Å². The van der Waals surface area contributed by atoms with E-state index in [1.54, 1.807) is 11.8 Å². The van der Waals surface area contributed by atoms with Crippen LogP contribution in [0.4, 0.5) is 11.4 Å². The number of fused-ring (bicyclic) bond motifs is 1. The number of amides is 3. The molecular weight excluding hydrogens is 422 g/mol. The molecular formula is C25H25N3O3S. The first-order valence-electron chi connectivity index (χ1n) is 11.0. The topological polar surface area (TPSA) is 69.7 Å². The van der Waals surface area contributed by atoms with E-state index >= 15 is 0 Å². The van der Waals surface area contributed by atoms with Gasteiger partial charge >= 0.3 is 0 Å². The number of nitrogens with one attached hydrogen (secondary N) is 1. The monoisotopic (exact) mass is 447 g/mol. The minimum absolute atomic E-state index is 0.0783. The smallest absolute Gasteiger partial charge is 0.266 e. The van der Waals surface area contributed by atoms with Crippen LogP contribution < -0.4 is 10.2 Å². The van der Waals surface area contributed by atoms with E-state index in [9.17, 15) is 14.4 Å². The van der Waals surface area contributed by atoms with Gasteiger partial charge in [0.25, 0.3) is 5.91 Å². The summed E-state index contributed by atoms with van der Waals surface area (Å²) in [6.45, 7) is 3.71. The highest BCUT2D eigenvalue weighted by atomic mass is 32.1. The van der Waals surface area contributed by atoms with Crippen LogP contribution in [0.5, 0.6) is 0 Å². The number of carbonyl (C=O) groups excluding carboxylic acids is 3. The SMILES string of the molecule is CC(=O)N1CCC(c2c(C(=O)Nc3ccc(N4CCCC4=O)cc3)sc3ccccc23)C1. The van der Waals surface area contributed by atoms with Crippen LogP contribution in [-0.2, 0) is 9.59 Å². The largest absolute Gasteiger partial charge is 0.342 e. The van der Waals surface area contributed by atoms with Crippen LogP contribution in [0.2, 0.25) is 0 Å². The summed E-state index contributed by atoms with van der Waals surface area (Å²) >= 11 is 1.50. The lowest BCUT2D eigenvalue weighted by Gasteiger charge is -2.16. The average molecular weight is 448 g/mol. The van der Waals surface area contributed by atoms with Crippen LogP contribution in [-0.4, -0.2) is 42.3 Å². The molecule has 0 aliphatic carbocycles. The molecule has 32 heavy (non-hydrogen) atoms. The van der Waals surface area contributed by atoms with E-state index in [1.807, 2.05) is 47.4 Å². The Kier molecular flexibility index (Phi) is 5.43. The first kappa shape index (κ1) is 20.7. The number of hydrogen-bond donors (Lipinski definition) is 1. The summed E-state index contributed by atoms with van der Waals surface area (Å²) in [7, 11) is 0. The Balaban J connectivity index is 1.41. The standard InChI is InChI=1S/C25H25N3O3S/c1-16(29)27-14-12-17(15-27)23-20-5-2-3-6-21(20)32-24(23)25(31)26-18-8-10-19(11-9-18)28-13-4-7-22(28)30/h2-3,5-6,8-11,17H,4,7,12-15H2,1H3,(H,26,31). The van der Waals surface area contributed by atoms with E-state index < -0.39 is 0 Å². The van der Waals surface area contributed by atoms with Crippen LogP contribution in [0.1, 0.15) is 47.3 Å². The van der Waals surface area contributed by atoms with Gasteiger partial charge in [-0.1, -0.05) is 18.2 Å². The van der Waals surface area contributed by atoms with Crippen LogP contribution in [0.15, 0.2) is 48.5 Å². The van der Waals surface area contributed by atoms with E-state index in [2.05, 4.69) is 11.4 Å². The van der Waals surface area contributed by atoms with E-state index in [0.717, 1.165) is 47.3 Å². The summed E-state index contributed by atoms with van der Waals surface area (Å²) in [6, 6.07) is 15.5.